The Bertz CT molecular complexity index is 1680. The molecule has 0 aliphatic rings. The minimum atomic E-state index is -1.82. The second-order valence-corrected chi connectivity index (χ2v) is 7.90. The second-order valence-electron chi connectivity index (χ2n) is 7.90. The molecule has 9 heteroatoms. The minimum absolute atomic E-state index is 0.0162. The lowest BCUT2D eigenvalue weighted by molar-refractivity contribution is 0.334. The number of methoxy groups -OCH3 is 1. The zero-order chi connectivity index (χ0) is 25.9. The van der Waals surface area contributed by atoms with Crippen LogP contribution in [0.3, 0.4) is 0 Å². The van der Waals surface area contributed by atoms with Gasteiger partial charge in [-0.25, -0.2) is 26.3 Å². The third-order valence-corrected chi connectivity index (χ3v) is 5.95. The normalized spacial score (nSPS) is 11.5. The highest BCUT2D eigenvalue weighted by Gasteiger charge is 2.30. The van der Waals surface area contributed by atoms with Gasteiger partial charge in [-0.1, -0.05) is 30.3 Å². The van der Waals surface area contributed by atoms with Gasteiger partial charge in [-0.3, -0.25) is 0 Å². The molecule has 182 valence electrons. The van der Waals surface area contributed by atoms with Crippen molar-refractivity contribution in [3.63, 3.8) is 0 Å². The molecule has 1 nitrogen and oxygen atoms in total. The quantitative estimate of drug-likeness (QED) is 0.136. The zero-order valence-electron chi connectivity index (χ0n) is 18.1. The average molecular weight is 504 g/mol. The van der Waals surface area contributed by atoms with Gasteiger partial charge in [-0.05, 0) is 56.9 Å². The van der Waals surface area contributed by atoms with Gasteiger partial charge in [0.05, 0.1) is 12.7 Å². The van der Waals surface area contributed by atoms with Gasteiger partial charge in [0.1, 0.15) is 0 Å². The summed E-state index contributed by atoms with van der Waals surface area (Å²) in [7, 11) is 0.819. The first-order valence-corrected chi connectivity index (χ1v) is 10.3. The highest BCUT2D eigenvalue weighted by Crippen LogP contribution is 2.47. The second kappa shape index (κ2) is 8.51. The summed E-state index contributed by atoms with van der Waals surface area (Å²) in [6.45, 7) is 0. The molecular formula is C27H12F8O. The number of hydrogen-bond acceptors (Lipinski definition) is 1. The van der Waals surface area contributed by atoms with E-state index in [4.69, 9.17) is 0 Å². The Balaban J connectivity index is 2.06. The van der Waals surface area contributed by atoms with Gasteiger partial charge >= 0.3 is 0 Å². The standard InChI is InChI=1S/C27H12F8O/c1-36-27-25(34)23(32)22(24(33)26(27)35)21-13-5-3-2-4-12(13)20(11-6-7-16(28)17(29)8-11)14-9-18(30)19(31)10-15(14)21/h2-10H,1H3. The maximum atomic E-state index is 15.2. The van der Waals surface area contributed by atoms with Crippen LogP contribution >= 0.6 is 0 Å². The van der Waals surface area contributed by atoms with E-state index < -0.39 is 63.4 Å². The van der Waals surface area contributed by atoms with E-state index in [0.717, 1.165) is 19.2 Å². The molecule has 0 spiro atoms. The number of halogens is 8. The van der Waals surface area contributed by atoms with Crippen molar-refractivity contribution in [2.24, 2.45) is 0 Å². The Morgan fingerprint density at radius 1 is 0.472 bits per heavy atom. The van der Waals surface area contributed by atoms with Crippen LogP contribution in [0.4, 0.5) is 35.1 Å². The van der Waals surface area contributed by atoms with Crippen LogP contribution in [0.5, 0.6) is 5.75 Å². The van der Waals surface area contributed by atoms with Crippen LogP contribution in [0.2, 0.25) is 0 Å². The van der Waals surface area contributed by atoms with Gasteiger partial charge in [0.15, 0.2) is 40.7 Å². The fraction of sp³-hybridized carbons (Fsp3) is 0.0370. The summed E-state index contributed by atoms with van der Waals surface area (Å²) in [6.07, 6.45) is 0. The minimum Gasteiger partial charge on any atom is -0.491 e. The molecule has 36 heavy (non-hydrogen) atoms. The first-order valence-electron chi connectivity index (χ1n) is 10.3. The van der Waals surface area contributed by atoms with Crippen LogP contribution in [0.1, 0.15) is 0 Å². The predicted molar refractivity (Wildman–Crippen MR) is 119 cm³/mol. The molecule has 0 radical (unpaired) electrons. The van der Waals surface area contributed by atoms with Crippen LogP contribution in [0.25, 0.3) is 43.8 Å². The molecule has 0 fully saturated rings. The Labute approximate surface area is 198 Å². The van der Waals surface area contributed by atoms with Gasteiger partial charge < -0.3 is 4.74 Å². The summed E-state index contributed by atoms with van der Waals surface area (Å²) < 4.78 is 121. The molecule has 0 saturated heterocycles. The summed E-state index contributed by atoms with van der Waals surface area (Å²) in [6, 6.07) is 9.89. The Morgan fingerprint density at radius 3 is 1.50 bits per heavy atom. The zero-order valence-corrected chi connectivity index (χ0v) is 18.1. The molecule has 5 aromatic rings. The summed E-state index contributed by atoms with van der Waals surface area (Å²) >= 11 is 0. The van der Waals surface area contributed by atoms with E-state index in [-0.39, 0.29) is 32.7 Å². The van der Waals surface area contributed by atoms with Crippen molar-refractivity contribution in [2.45, 2.75) is 0 Å². The van der Waals surface area contributed by atoms with Crippen molar-refractivity contribution in [2.75, 3.05) is 7.11 Å². The van der Waals surface area contributed by atoms with Gasteiger partial charge in [-0.15, -0.1) is 0 Å². The van der Waals surface area contributed by atoms with E-state index in [1.165, 1.54) is 30.3 Å². The molecule has 5 aromatic carbocycles. The lowest BCUT2D eigenvalue weighted by atomic mass is 9.85. The Kier molecular flexibility index (Phi) is 5.58. The fourth-order valence-electron chi connectivity index (χ4n) is 4.41. The van der Waals surface area contributed by atoms with Crippen LogP contribution < -0.4 is 4.74 Å². The molecule has 0 saturated carbocycles. The van der Waals surface area contributed by atoms with Crippen LogP contribution in [0.15, 0.2) is 54.6 Å². The fourth-order valence-corrected chi connectivity index (χ4v) is 4.41. The van der Waals surface area contributed by atoms with Crippen molar-refractivity contribution >= 4 is 21.5 Å². The van der Waals surface area contributed by atoms with Crippen LogP contribution in [0, 0.1) is 46.5 Å². The Hall–Kier alpha value is -4.14. The monoisotopic (exact) mass is 504 g/mol. The first kappa shape index (κ1) is 23.6. The number of rotatable bonds is 3. The van der Waals surface area contributed by atoms with Crippen molar-refractivity contribution in [3.05, 3.63) is 101 Å². The van der Waals surface area contributed by atoms with Crippen LogP contribution in [-0.4, -0.2) is 7.11 Å². The maximum absolute atomic E-state index is 15.2. The Morgan fingerprint density at radius 2 is 0.972 bits per heavy atom. The van der Waals surface area contributed by atoms with Crippen molar-refractivity contribution in [3.8, 4) is 28.0 Å². The topological polar surface area (TPSA) is 9.23 Å². The molecule has 0 unspecified atom stereocenters. The SMILES string of the molecule is COc1c(F)c(F)c(-c2c3ccccc3c(-c3ccc(F)c(F)c3)c3cc(F)c(F)cc23)c(F)c1F. The van der Waals surface area contributed by atoms with E-state index in [1.807, 2.05) is 0 Å². The largest absolute Gasteiger partial charge is 0.491 e. The number of benzene rings is 5. The number of hydrogen-bond donors (Lipinski definition) is 0. The summed E-state index contributed by atoms with van der Waals surface area (Å²) in [4.78, 5) is 0. The summed E-state index contributed by atoms with van der Waals surface area (Å²) in [5.74, 6) is -13.7. The number of fused-ring (bicyclic) bond motifs is 2. The van der Waals surface area contributed by atoms with E-state index in [2.05, 4.69) is 4.74 Å². The molecule has 0 aromatic heterocycles. The molecule has 0 N–H and O–H groups in total. The predicted octanol–water partition coefficient (Wildman–Crippen LogP) is 8.45. The van der Waals surface area contributed by atoms with E-state index in [9.17, 15) is 26.3 Å². The highest BCUT2D eigenvalue weighted by atomic mass is 19.2. The average Bonchev–Trinajstić information content (AvgIpc) is 2.86. The molecule has 0 amide bonds. The van der Waals surface area contributed by atoms with Gasteiger partial charge in [-0.2, -0.15) is 8.78 Å². The maximum Gasteiger partial charge on any atom is 0.204 e. The van der Waals surface area contributed by atoms with Gasteiger partial charge in [0.2, 0.25) is 11.6 Å². The van der Waals surface area contributed by atoms with E-state index >= 15 is 8.78 Å². The van der Waals surface area contributed by atoms with E-state index in [1.54, 1.807) is 0 Å². The molecule has 0 aliphatic carbocycles. The van der Waals surface area contributed by atoms with Crippen molar-refractivity contribution < 1.29 is 39.9 Å². The molecule has 0 aliphatic heterocycles. The third-order valence-electron chi connectivity index (χ3n) is 5.95. The van der Waals surface area contributed by atoms with Gasteiger partial charge in [0, 0.05) is 5.56 Å². The van der Waals surface area contributed by atoms with Crippen molar-refractivity contribution in [1.29, 1.82) is 0 Å². The summed E-state index contributed by atoms with van der Waals surface area (Å²) in [5, 5.41) is -0.358. The molecule has 5 rings (SSSR count). The van der Waals surface area contributed by atoms with Crippen molar-refractivity contribution in [1.82, 2.24) is 0 Å². The lowest BCUT2D eigenvalue weighted by Crippen LogP contribution is -2.05. The molecule has 0 heterocycles. The highest BCUT2D eigenvalue weighted by molar-refractivity contribution is 6.21. The van der Waals surface area contributed by atoms with Crippen LogP contribution in [-0.2, 0) is 0 Å². The third kappa shape index (κ3) is 3.37. The molecule has 0 bridgehead atoms. The van der Waals surface area contributed by atoms with Gasteiger partial charge in [0.25, 0.3) is 0 Å². The summed E-state index contributed by atoms with van der Waals surface area (Å²) in [5.41, 5.74) is -1.52. The lowest BCUT2D eigenvalue weighted by Gasteiger charge is -2.19. The smallest absolute Gasteiger partial charge is 0.204 e. The van der Waals surface area contributed by atoms with E-state index in [0.29, 0.717) is 12.1 Å². The number of ether oxygens (including phenoxy) is 1. The first-order chi connectivity index (χ1) is 17.1. The molecule has 0 atom stereocenters. The molecular weight excluding hydrogens is 492 g/mol.